The van der Waals surface area contributed by atoms with Gasteiger partial charge in [-0.1, -0.05) is 13.8 Å². The van der Waals surface area contributed by atoms with E-state index in [1.54, 1.807) is 0 Å². The molecule has 1 N–H and O–H groups in total. The van der Waals surface area contributed by atoms with Crippen LogP contribution in [0.5, 0.6) is 0 Å². The first-order chi connectivity index (χ1) is 9.69. The molecule has 7 heteroatoms. The second kappa shape index (κ2) is 7.40. The fraction of sp³-hybridized carbons (Fsp3) is 0.571. The lowest BCUT2D eigenvalue weighted by atomic mass is 9.88. The molecule has 0 heterocycles. The minimum absolute atomic E-state index is 0.0443. The second-order valence-electron chi connectivity index (χ2n) is 5.64. The normalized spacial score (nSPS) is 12.7. The van der Waals surface area contributed by atoms with E-state index in [0.29, 0.717) is 18.1 Å². The standard InChI is InChI=1S/C14H20ClF2NO2S/c1-14(2,8-3-9-15)10-18-11-4-6-12(7-5-11)21(19,20)13(16)17/h4-7,13,18H,3,8-10H2,1-2H3. The summed E-state index contributed by atoms with van der Waals surface area (Å²) in [6.07, 6.45) is 1.88. The Kier molecular flexibility index (Phi) is 6.41. The Hall–Kier alpha value is -0.880. The third kappa shape index (κ3) is 5.43. The van der Waals surface area contributed by atoms with E-state index in [1.807, 2.05) is 0 Å². The molecule has 0 aliphatic rings. The van der Waals surface area contributed by atoms with Crippen LogP contribution in [0.15, 0.2) is 29.2 Å². The van der Waals surface area contributed by atoms with E-state index in [2.05, 4.69) is 19.2 Å². The van der Waals surface area contributed by atoms with Crippen molar-refractivity contribution < 1.29 is 17.2 Å². The summed E-state index contributed by atoms with van der Waals surface area (Å²) < 4.78 is 47.4. The molecule has 0 saturated heterocycles. The van der Waals surface area contributed by atoms with Crippen molar-refractivity contribution >= 4 is 27.1 Å². The van der Waals surface area contributed by atoms with E-state index < -0.39 is 15.6 Å². The zero-order valence-corrected chi connectivity index (χ0v) is 13.6. The van der Waals surface area contributed by atoms with Crippen molar-refractivity contribution in [2.75, 3.05) is 17.7 Å². The van der Waals surface area contributed by atoms with Crippen LogP contribution < -0.4 is 5.32 Å². The van der Waals surface area contributed by atoms with Crippen LogP contribution in [0.25, 0.3) is 0 Å². The van der Waals surface area contributed by atoms with Crippen LogP contribution in [-0.2, 0) is 9.84 Å². The van der Waals surface area contributed by atoms with Crippen molar-refractivity contribution in [1.29, 1.82) is 0 Å². The van der Waals surface area contributed by atoms with Gasteiger partial charge in [-0.25, -0.2) is 8.42 Å². The van der Waals surface area contributed by atoms with Gasteiger partial charge in [0.1, 0.15) is 0 Å². The number of alkyl halides is 3. The van der Waals surface area contributed by atoms with Gasteiger partial charge in [-0.2, -0.15) is 8.78 Å². The Morgan fingerprint density at radius 3 is 2.29 bits per heavy atom. The van der Waals surface area contributed by atoms with E-state index in [0.717, 1.165) is 12.8 Å². The van der Waals surface area contributed by atoms with Crippen LogP contribution in [0.1, 0.15) is 26.7 Å². The van der Waals surface area contributed by atoms with Crippen LogP contribution in [0.2, 0.25) is 0 Å². The Labute approximate surface area is 129 Å². The first-order valence-corrected chi connectivity index (χ1v) is 8.69. The molecule has 0 aromatic heterocycles. The topological polar surface area (TPSA) is 46.2 Å². The summed E-state index contributed by atoms with van der Waals surface area (Å²) in [4.78, 5) is -0.371. The van der Waals surface area contributed by atoms with Gasteiger partial charge in [-0.05, 0) is 42.5 Å². The quantitative estimate of drug-likeness (QED) is 0.724. The van der Waals surface area contributed by atoms with Crippen molar-refractivity contribution in [3.63, 3.8) is 0 Å². The zero-order chi connectivity index (χ0) is 16.1. The predicted octanol–water partition coefficient (Wildman–Crippen LogP) is 4.14. The number of benzene rings is 1. The number of rotatable bonds is 8. The number of anilines is 1. The number of sulfone groups is 1. The van der Waals surface area contributed by atoms with E-state index >= 15 is 0 Å². The lowest BCUT2D eigenvalue weighted by Gasteiger charge is -2.25. The number of nitrogens with one attached hydrogen (secondary N) is 1. The molecule has 0 aliphatic heterocycles. The molecule has 3 nitrogen and oxygen atoms in total. The molecule has 0 radical (unpaired) electrons. The maximum Gasteiger partial charge on any atom is 0.341 e. The predicted molar refractivity (Wildman–Crippen MR) is 81.9 cm³/mol. The average molecular weight is 340 g/mol. The van der Waals surface area contributed by atoms with Crippen LogP contribution >= 0.6 is 11.6 Å². The van der Waals surface area contributed by atoms with Crippen LogP contribution in [0.3, 0.4) is 0 Å². The minimum atomic E-state index is -4.52. The maximum absolute atomic E-state index is 12.4. The highest BCUT2D eigenvalue weighted by molar-refractivity contribution is 7.91. The Morgan fingerprint density at radius 1 is 1.24 bits per heavy atom. The van der Waals surface area contributed by atoms with Crippen molar-refractivity contribution in [2.24, 2.45) is 5.41 Å². The van der Waals surface area contributed by atoms with Gasteiger partial charge in [0, 0.05) is 18.1 Å². The Balaban J connectivity index is 2.68. The number of halogens is 3. The third-order valence-electron chi connectivity index (χ3n) is 3.18. The van der Waals surface area contributed by atoms with E-state index in [9.17, 15) is 17.2 Å². The van der Waals surface area contributed by atoms with Gasteiger partial charge >= 0.3 is 5.76 Å². The SMILES string of the molecule is CC(C)(CCCCl)CNc1ccc(S(=O)(=O)C(F)F)cc1. The monoisotopic (exact) mass is 339 g/mol. The van der Waals surface area contributed by atoms with Gasteiger partial charge in [0.2, 0.25) is 9.84 Å². The highest BCUT2D eigenvalue weighted by atomic mass is 35.5. The third-order valence-corrected chi connectivity index (χ3v) is 4.84. The van der Waals surface area contributed by atoms with E-state index in [-0.39, 0.29) is 10.3 Å². The molecule has 0 fully saturated rings. The molecular formula is C14H20ClF2NO2S. The van der Waals surface area contributed by atoms with Gasteiger partial charge in [0.25, 0.3) is 0 Å². The van der Waals surface area contributed by atoms with Gasteiger partial charge in [0.15, 0.2) is 0 Å². The fourth-order valence-corrected chi connectivity index (χ4v) is 2.70. The zero-order valence-electron chi connectivity index (χ0n) is 12.1. The van der Waals surface area contributed by atoms with Crippen LogP contribution in [0, 0.1) is 5.41 Å². The fourth-order valence-electron chi connectivity index (χ4n) is 1.84. The Morgan fingerprint density at radius 2 is 1.81 bits per heavy atom. The second-order valence-corrected chi connectivity index (χ2v) is 7.94. The van der Waals surface area contributed by atoms with Crippen LogP contribution in [0.4, 0.5) is 14.5 Å². The van der Waals surface area contributed by atoms with Crippen LogP contribution in [-0.4, -0.2) is 26.6 Å². The van der Waals surface area contributed by atoms with Gasteiger partial charge in [-0.3, -0.25) is 0 Å². The maximum atomic E-state index is 12.4. The summed E-state index contributed by atoms with van der Waals surface area (Å²) >= 11 is 5.67. The van der Waals surface area contributed by atoms with E-state index in [4.69, 9.17) is 11.6 Å². The van der Waals surface area contributed by atoms with Gasteiger partial charge in [-0.15, -0.1) is 11.6 Å². The van der Waals surface area contributed by atoms with Crippen molar-refractivity contribution in [2.45, 2.75) is 37.3 Å². The molecule has 1 aromatic rings. The Bertz CT molecular complexity index is 545. The molecule has 0 aliphatic carbocycles. The summed E-state index contributed by atoms with van der Waals surface area (Å²) in [5, 5.41) is 3.18. The average Bonchev–Trinajstić information content (AvgIpc) is 2.43. The van der Waals surface area contributed by atoms with Crippen molar-refractivity contribution in [1.82, 2.24) is 0 Å². The summed E-state index contributed by atoms with van der Waals surface area (Å²) in [6, 6.07) is 5.37. The summed E-state index contributed by atoms with van der Waals surface area (Å²) in [7, 11) is -4.52. The molecule has 1 rings (SSSR count). The van der Waals surface area contributed by atoms with Crippen molar-refractivity contribution in [3.8, 4) is 0 Å². The first kappa shape index (κ1) is 18.2. The summed E-state index contributed by atoms with van der Waals surface area (Å²) in [5.74, 6) is -2.78. The summed E-state index contributed by atoms with van der Waals surface area (Å²) in [5.41, 5.74) is 0.741. The lowest BCUT2D eigenvalue weighted by molar-refractivity contribution is 0.234. The van der Waals surface area contributed by atoms with Gasteiger partial charge in [0.05, 0.1) is 4.90 Å². The molecule has 0 saturated carbocycles. The summed E-state index contributed by atoms with van der Waals surface area (Å²) in [6.45, 7) is 4.88. The molecule has 0 atom stereocenters. The minimum Gasteiger partial charge on any atom is -0.385 e. The van der Waals surface area contributed by atoms with Gasteiger partial charge < -0.3 is 5.32 Å². The smallest absolute Gasteiger partial charge is 0.341 e. The largest absolute Gasteiger partial charge is 0.385 e. The van der Waals surface area contributed by atoms with E-state index in [1.165, 1.54) is 24.3 Å². The molecule has 0 spiro atoms. The molecule has 120 valence electrons. The molecule has 0 amide bonds. The highest BCUT2D eigenvalue weighted by Gasteiger charge is 2.26. The number of hydrogen-bond donors (Lipinski definition) is 1. The first-order valence-electron chi connectivity index (χ1n) is 6.61. The van der Waals surface area contributed by atoms with Crippen molar-refractivity contribution in [3.05, 3.63) is 24.3 Å². The molecule has 1 aromatic carbocycles. The number of hydrogen-bond acceptors (Lipinski definition) is 3. The lowest BCUT2D eigenvalue weighted by Crippen LogP contribution is -2.23. The molecule has 0 bridgehead atoms. The highest BCUT2D eigenvalue weighted by Crippen LogP contribution is 2.24. The molecular weight excluding hydrogens is 320 g/mol. The molecule has 21 heavy (non-hydrogen) atoms. The molecule has 0 unspecified atom stereocenters.